The van der Waals surface area contributed by atoms with Crippen molar-refractivity contribution in [3.63, 3.8) is 0 Å². The fourth-order valence-electron chi connectivity index (χ4n) is 1.87. The summed E-state index contributed by atoms with van der Waals surface area (Å²) < 4.78 is 20.2. The maximum Gasteiger partial charge on any atom is 0.137 e. The molecular formula is C14H9Br3ClFO. The van der Waals surface area contributed by atoms with Crippen LogP contribution in [0.3, 0.4) is 0 Å². The van der Waals surface area contributed by atoms with Crippen molar-refractivity contribution < 1.29 is 9.13 Å². The van der Waals surface area contributed by atoms with Crippen molar-refractivity contribution in [3.05, 3.63) is 61.2 Å². The zero-order valence-electron chi connectivity index (χ0n) is 10.3. The molecule has 0 saturated heterocycles. The summed E-state index contributed by atoms with van der Waals surface area (Å²) in [6.07, 6.45) is 0. The first-order valence-electron chi connectivity index (χ1n) is 5.56. The van der Waals surface area contributed by atoms with Crippen LogP contribution in [0.25, 0.3) is 0 Å². The molecule has 20 heavy (non-hydrogen) atoms. The average Bonchev–Trinajstić information content (AvgIpc) is 2.40. The molecule has 0 aromatic heterocycles. The van der Waals surface area contributed by atoms with E-state index in [-0.39, 0.29) is 10.6 Å². The van der Waals surface area contributed by atoms with Gasteiger partial charge in [-0.2, -0.15) is 0 Å². The van der Waals surface area contributed by atoms with Gasteiger partial charge >= 0.3 is 0 Å². The van der Waals surface area contributed by atoms with Gasteiger partial charge in [0.15, 0.2) is 0 Å². The molecule has 0 heterocycles. The van der Waals surface area contributed by atoms with Crippen molar-refractivity contribution in [2.24, 2.45) is 0 Å². The Kier molecular flexibility index (Phi) is 5.51. The van der Waals surface area contributed by atoms with Crippen LogP contribution in [0.5, 0.6) is 5.75 Å². The highest BCUT2D eigenvalue weighted by Gasteiger charge is 2.21. The third-order valence-electron chi connectivity index (χ3n) is 2.77. The minimum Gasteiger partial charge on any atom is -0.495 e. The quantitative estimate of drug-likeness (QED) is 0.450. The van der Waals surface area contributed by atoms with Crippen LogP contribution in [-0.4, -0.2) is 7.11 Å². The van der Waals surface area contributed by atoms with E-state index >= 15 is 0 Å². The summed E-state index contributed by atoms with van der Waals surface area (Å²) in [5.41, 5.74) is 1.58. The molecule has 0 fully saturated rings. The molecule has 1 unspecified atom stereocenters. The minimum atomic E-state index is -0.313. The molecule has 2 aromatic carbocycles. The van der Waals surface area contributed by atoms with Crippen LogP contribution in [0.15, 0.2) is 39.3 Å². The van der Waals surface area contributed by atoms with Crippen molar-refractivity contribution in [1.82, 2.24) is 0 Å². The van der Waals surface area contributed by atoms with Crippen molar-refractivity contribution in [2.45, 2.75) is 4.83 Å². The number of alkyl halides is 1. The highest BCUT2D eigenvalue weighted by molar-refractivity contribution is 9.11. The van der Waals surface area contributed by atoms with E-state index in [4.69, 9.17) is 16.3 Å². The minimum absolute atomic E-state index is 0.252. The van der Waals surface area contributed by atoms with Gasteiger partial charge in [0.05, 0.1) is 20.9 Å². The second-order valence-electron chi connectivity index (χ2n) is 4.02. The highest BCUT2D eigenvalue weighted by atomic mass is 79.9. The third kappa shape index (κ3) is 3.21. The SMILES string of the molecule is COc1c(Br)cc(Cl)cc1C(Br)c1cccc(F)c1Br. The molecule has 1 atom stereocenters. The lowest BCUT2D eigenvalue weighted by Gasteiger charge is -2.18. The molecule has 2 rings (SSSR count). The number of hydrogen-bond acceptors (Lipinski definition) is 1. The molecule has 6 heteroatoms. The number of ether oxygens (including phenoxy) is 1. The average molecular weight is 487 g/mol. The summed E-state index contributed by atoms with van der Waals surface area (Å²) in [6, 6.07) is 8.45. The van der Waals surface area contributed by atoms with Gasteiger partial charge in [0.25, 0.3) is 0 Å². The second-order valence-corrected chi connectivity index (χ2v) is 7.02. The maximum atomic E-state index is 13.7. The van der Waals surface area contributed by atoms with E-state index in [0.717, 1.165) is 15.6 Å². The Morgan fingerprint density at radius 2 is 1.90 bits per heavy atom. The fourth-order valence-corrected chi connectivity index (χ4v) is 4.39. The zero-order valence-corrected chi connectivity index (χ0v) is 15.8. The summed E-state index contributed by atoms with van der Waals surface area (Å²) in [5.74, 6) is 0.347. The first kappa shape index (κ1) is 16.3. The molecule has 0 saturated carbocycles. The maximum absolute atomic E-state index is 13.7. The van der Waals surface area contributed by atoms with Gasteiger partial charge in [-0.3, -0.25) is 0 Å². The van der Waals surface area contributed by atoms with Crippen molar-refractivity contribution in [1.29, 1.82) is 0 Å². The lowest BCUT2D eigenvalue weighted by molar-refractivity contribution is 0.407. The molecule has 0 spiro atoms. The Labute approximate surface area is 146 Å². The number of hydrogen-bond donors (Lipinski definition) is 0. The van der Waals surface area contributed by atoms with Gasteiger partial charge in [-0.25, -0.2) is 4.39 Å². The van der Waals surface area contributed by atoms with Gasteiger partial charge in [-0.1, -0.05) is 39.7 Å². The molecule has 0 bridgehead atoms. The lowest BCUT2D eigenvalue weighted by Crippen LogP contribution is -2.00. The molecule has 2 aromatic rings. The number of rotatable bonds is 3. The third-order valence-corrected chi connectivity index (χ3v) is 5.40. The number of methoxy groups -OCH3 is 1. The van der Waals surface area contributed by atoms with E-state index in [9.17, 15) is 4.39 Å². The predicted molar refractivity (Wildman–Crippen MR) is 90.6 cm³/mol. The monoisotopic (exact) mass is 484 g/mol. The highest BCUT2D eigenvalue weighted by Crippen LogP contribution is 2.44. The van der Waals surface area contributed by atoms with Crippen LogP contribution in [0.1, 0.15) is 16.0 Å². The van der Waals surface area contributed by atoms with E-state index in [0.29, 0.717) is 15.2 Å². The standard InChI is InChI=1S/C14H9Br3ClFO/c1-20-14-9(5-7(18)6-10(14)15)12(16)8-3-2-4-11(19)13(8)17/h2-6,12H,1H3. The Morgan fingerprint density at radius 1 is 1.20 bits per heavy atom. The van der Waals surface area contributed by atoms with Crippen LogP contribution in [0.2, 0.25) is 5.02 Å². The topological polar surface area (TPSA) is 9.23 Å². The Hall–Kier alpha value is -0.100. The van der Waals surface area contributed by atoms with Gasteiger partial charge in [-0.05, 0) is 55.6 Å². The molecule has 0 radical (unpaired) electrons. The van der Waals surface area contributed by atoms with Gasteiger partial charge in [0.1, 0.15) is 11.6 Å². The molecule has 0 aliphatic heterocycles. The summed E-state index contributed by atoms with van der Waals surface area (Å²) in [4.78, 5) is -0.252. The normalized spacial score (nSPS) is 12.3. The predicted octanol–water partition coefficient (Wildman–Crippen LogP) is 6.50. The largest absolute Gasteiger partial charge is 0.495 e. The summed E-state index contributed by atoms with van der Waals surface area (Å²) >= 11 is 16.4. The van der Waals surface area contributed by atoms with Crippen molar-refractivity contribution in [3.8, 4) is 5.75 Å². The van der Waals surface area contributed by atoms with Crippen molar-refractivity contribution >= 4 is 59.4 Å². The smallest absolute Gasteiger partial charge is 0.137 e. The molecule has 106 valence electrons. The van der Waals surface area contributed by atoms with E-state index in [2.05, 4.69) is 47.8 Å². The molecular weight excluding hydrogens is 478 g/mol. The Bertz CT molecular complexity index is 649. The number of benzene rings is 2. The van der Waals surface area contributed by atoms with E-state index in [1.165, 1.54) is 6.07 Å². The summed E-state index contributed by atoms with van der Waals surface area (Å²) in [5, 5.41) is 0.574. The van der Waals surface area contributed by atoms with Gasteiger partial charge in [0, 0.05) is 10.6 Å². The van der Waals surface area contributed by atoms with Crippen LogP contribution >= 0.6 is 59.4 Å². The van der Waals surface area contributed by atoms with Crippen LogP contribution in [-0.2, 0) is 0 Å². The summed E-state index contributed by atoms with van der Waals surface area (Å²) in [7, 11) is 1.58. The molecule has 0 aliphatic carbocycles. The van der Waals surface area contributed by atoms with Gasteiger partial charge < -0.3 is 4.74 Å². The van der Waals surface area contributed by atoms with E-state index in [1.54, 1.807) is 25.3 Å². The second kappa shape index (κ2) is 6.77. The molecule has 0 aliphatic rings. The number of halogens is 5. The van der Waals surface area contributed by atoms with Crippen molar-refractivity contribution in [2.75, 3.05) is 7.11 Å². The fraction of sp³-hybridized carbons (Fsp3) is 0.143. The van der Waals surface area contributed by atoms with Gasteiger partial charge in [0.2, 0.25) is 0 Å². The van der Waals surface area contributed by atoms with Crippen LogP contribution in [0, 0.1) is 5.82 Å². The first-order valence-corrected chi connectivity index (χ1v) is 8.44. The molecule has 0 N–H and O–H groups in total. The van der Waals surface area contributed by atoms with E-state index in [1.807, 2.05) is 6.07 Å². The van der Waals surface area contributed by atoms with E-state index < -0.39 is 0 Å². The Morgan fingerprint density at radius 3 is 2.55 bits per heavy atom. The molecule has 1 nitrogen and oxygen atoms in total. The zero-order chi connectivity index (χ0) is 14.9. The Balaban J connectivity index is 2.58. The van der Waals surface area contributed by atoms with Crippen LogP contribution < -0.4 is 4.74 Å². The lowest BCUT2D eigenvalue weighted by atomic mass is 10.0. The molecule has 0 amide bonds. The van der Waals surface area contributed by atoms with Gasteiger partial charge in [-0.15, -0.1) is 0 Å². The summed E-state index contributed by atoms with van der Waals surface area (Å²) in [6.45, 7) is 0. The van der Waals surface area contributed by atoms with Crippen LogP contribution in [0.4, 0.5) is 4.39 Å². The first-order chi connectivity index (χ1) is 9.45.